The molecule has 2 aromatic rings. The Morgan fingerprint density at radius 2 is 1.38 bits per heavy atom. The zero-order valence-corrected chi connectivity index (χ0v) is 13.5. The Hall–Kier alpha value is -2.92. The number of piperazine rings is 1. The molecular formula is C15H15ClN6O2. The van der Waals surface area contributed by atoms with Gasteiger partial charge in [-0.25, -0.2) is 24.7 Å². The predicted octanol–water partition coefficient (Wildman–Crippen LogP) is 0.694. The van der Waals surface area contributed by atoms with Crippen molar-refractivity contribution in [3.8, 4) is 12.3 Å². The highest BCUT2D eigenvalue weighted by Crippen LogP contribution is 2.14. The van der Waals surface area contributed by atoms with E-state index in [9.17, 15) is 4.79 Å². The maximum absolute atomic E-state index is 10.8. The van der Waals surface area contributed by atoms with Gasteiger partial charge in [0, 0.05) is 51.0 Å². The summed E-state index contributed by atoms with van der Waals surface area (Å²) < 4.78 is 0. The summed E-state index contributed by atoms with van der Waals surface area (Å²) in [6.07, 6.45) is 11.2. The predicted molar refractivity (Wildman–Crippen MR) is 90.6 cm³/mol. The van der Waals surface area contributed by atoms with Gasteiger partial charge in [0.15, 0.2) is 0 Å². The average Bonchev–Trinajstić information content (AvgIpc) is 2.62. The first-order chi connectivity index (χ1) is 11.2. The molecule has 0 aliphatic carbocycles. The number of rotatable bonds is 3. The number of hydrogen-bond acceptors (Lipinski definition) is 7. The Labute approximate surface area is 145 Å². The highest BCUT2D eigenvalue weighted by Gasteiger charge is 2.20. The van der Waals surface area contributed by atoms with Gasteiger partial charge in [-0.1, -0.05) is 5.92 Å². The number of nitrogens with zero attached hydrogens (tertiary/aromatic N) is 6. The number of carboxylic acids is 1. The molecule has 1 aliphatic rings. The summed E-state index contributed by atoms with van der Waals surface area (Å²) >= 11 is 0. The van der Waals surface area contributed by atoms with E-state index in [1.54, 1.807) is 12.4 Å². The molecule has 124 valence electrons. The molecule has 24 heavy (non-hydrogen) atoms. The number of carboxylic acid groups (broad SMARTS) is 1. The molecule has 0 unspecified atom stereocenters. The van der Waals surface area contributed by atoms with E-state index in [0.717, 1.165) is 13.1 Å². The summed E-state index contributed by atoms with van der Waals surface area (Å²) in [5, 5.41) is 8.86. The minimum Gasteiger partial charge on any atom is -0.478 e. The second-order valence-electron chi connectivity index (χ2n) is 4.97. The molecule has 3 heterocycles. The van der Waals surface area contributed by atoms with Crippen molar-refractivity contribution in [3.05, 3.63) is 35.9 Å². The molecule has 0 radical (unpaired) electrons. The average molecular weight is 347 g/mol. The lowest BCUT2D eigenvalue weighted by Gasteiger charge is -2.34. The van der Waals surface area contributed by atoms with E-state index in [2.05, 4.69) is 30.8 Å². The van der Waals surface area contributed by atoms with Gasteiger partial charge in [-0.15, -0.1) is 18.8 Å². The summed E-state index contributed by atoms with van der Waals surface area (Å²) in [5.41, 5.74) is 0.730. The van der Waals surface area contributed by atoms with Gasteiger partial charge in [-0.3, -0.25) is 0 Å². The molecule has 3 rings (SSSR count). The van der Waals surface area contributed by atoms with E-state index >= 15 is 0 Å². The third-order valence-corrected chi connectivity index (χ3v) is 3.54. The summed E-state index contributed by atoms with van der Waals surface area (Å²) in [7, 11) is 0. The molecule has 1 N–H and O–H groups in total. The van der Waals surface area contributed by atoms with Crippen LogP contribution in [0.15, 0.2) is 24.8 Å². The molecule has 1 fully saturated rings. The summed E-state index contributed by atoms with van der Waals surface area (Å²) in [6.45, 7) is 2.85. The maximum atomic E-state index is 10.8. The van der Waals surface area contributed by atoms with Gasteiger partial charge in [0.05, 0.1) is 11.1 Å². The van der Waals surface area contributed by atoms with Gasteiger partial charge < -0.3 is 14.9 Å². The Kier molecular flexibility index (Phi) is 5.50. The van der Waals surface area contributed by atoms with Gasteiger partial charge in [0.2, 0.25) is 11.9 Å². The smallest absolute Gasteiger partial charge is 0.338 e. The van der Waals surface area contributed by atoms with Crippen molar-refractivity contribution in [2.45, 2.75) is 0 Å². The van der Waals surface area contributed by atoms with Crippen molar-refractivity contribution < 1.29 is 9.90 Å². The fraction of sp³-hybridized carbons (Fsp3) is 0.267. The van der Waals surface area contributed by atoms with Crippen molar-refractivity contribution >= 4 is 30.3 Å². The minimum atomic E-state index is -1.03. The first-order valence-electron chi connectivity index (χ1n) is 7.01. The number of hydrogen-bond donors (Lipinski definition) is 1. The van der Waals surface area contributed by atoms with Crippen LogP contribution in [0.25, 0.3) is 0 Å². The lowest BCUT2D eigenvalue weighted by atomic mass is 10.3. The number of terminal acetylenes is 1. The molecule has 0 aromatic carbocycles. The van der Waals surface area contributed by atoms with Gasteiger partial charge in [-0.2, -0.15) is 0 Å². The van der Waals surface area contributed by atoms with Crippen LogP contribution in [0, 0.1) is 12.3 Å². The highest BCUT2D eigenvalue weighted by atomic mass is 35.5. The van der Waals surface area contributed by atoms with Crippen LogP contribution < -0.4 is 9.80 Å². The van der Waals surface area contributed by atoms with Crippen LogP contribution in [0.3, 0.4) is 0 Å². The Morgan fingerprint density at radius 3 is 1.75 bits per heavy atom. The molecule has 8 nitrogen and oxygen atoms in total. The molecule has 0 atom stereocenters. The van der Waals surface area contributed by atoms with Crippen LogP contribution in [-0.4, -0.2) is 57.2 Å². The largest absolute Gasteiger partial charge is 0.478 e. The van der Waals surface area contributed by atoms with E-state index in [-0.39, 0.29) is 18.0 Å². The maximum Gasteiger partial charge on any atom is 0.338 e. The summed E-state index contributed by atoms with van der Waals surface area (Å²) in [5.74, 6) is 2.63. The topological polar surface area (TPSA) is 95.3 Å². The second-order valence-corrected chi connectivity index (χ2v) is 4.97. The first-order valence-corrected chi connectivity index (χ1v) is 7.01. The van der Waals surface area contributed by atoms with E-state index in [1.165, 1.54) is 12.4 Å². The summed E-state index contributed by atoms with van der Waals surface area (Å²) in [4.78, 5) is 31.6. The number of carbonyl (C=O) groups is 1. The molecular weight excluding hydrogens is 332 g/mol. The van der Waals surface area contributed by atoms with Crippen LogP contribution >= 0.6 is 12.4 Å². The summed E-state index contributed by atoms with van der Waals surface area (Å²) in [6, 6.07) is 0. The van der Waals surface area contributed by atoms with Crippen LogP contribution in [0.5, 0.6) is 0 Å². The lowest BCUT2D eigenvalue weighted by Crippen LogP contribution is -2.47. The lowest BCUT2D eigenvalue weighted by molar-refractivity contribution is 0.0696. The third-order valence-electron chi connectivity index (χ3n) is 3.54. The van der Waals surface area contributed by atoms with E-state index < -0.39 is 5.97 Å². The quantitative estimate of drug-likeness (QED) is 0.811. The highest BCUT2D eigenvalue weighted by molar-refractivity contribution is 5.86. The number of aromatic nitrogens is 4. The Balaban J connectivity index is 0.00000208. The fourth-order valence-electron chi connectivity index (χ4n) is 2.26. The SMILES string of the molecule is C#Cc1cnc(N2CCN(c3ncc(C(=O)O)cn3)CC2)nc1.Cl. The molecule has 1 aliphatic heterocycles. The van der Waals surface area contributed by atoms with Crippen LogP contribution in [0.4, 0.5) is 11.9 Å². The number of halogens is 1. The molecule has 1 saturated heterocycles. The van der Waals surface area contributed by atoms with Gasteiger partial charge in [0.25, 0.3) is 0 Å². The van der Waals surface area contributed by atoms with Gasteiger partial charge in [0.1, 0.15) is 0 Å². The van der Waals surface area contributed by atoms with Gasteiger partial charge in [-0.05, 0) is 0 Å². The van der Waals surface area contributed by atoms with E-state index in [1.807, 2.05) is 4.90 Å². The van der Waals surface area contributed by atoms with Crippen LogP contribution in [0.1, 0.15) is 15.9 Å². The second kappa shape index (κ2) is 7.57. The molecule has 0 saturated carbocycles. The fourth-order valence-corrected chi connectivity index (χ4v) is 2.26. The van der Waals surface area contributed by atoms with Crippen molar-refractivity contribution in [3.63, 3.8) is 0 Å². The number of aromatic carboxylic acids is 1. The zero-order valence-electron chi connectivity index (χ0n) is 12.7. The van der Waals surface area contributed by atoms with Crippen molar-refractivity contribution in [2.24, 2.45) is 0 Å². The molecule has 2 aromatic heterocycles. The Bertz CT molecular complexity index is 736. The van der Waals surface area contributed by atoms with Gasteiger partial charge >= 0.3 is 5.97 Å². The van der Waals surface area contributed by atoms with E-state index in [0.29, 0.717) is 30.5 Å². The van der Waals surface area contributed by atoms with Crippen LogP contribution in [-0.2, 0) is 0 Å². The zero-order chi connectivity index (χ0) is 16.2. The van der Waals surface area contributed by atoms with Crippen molar-refractivity contribution in [1.29, 1.82) is 0 Å². The monoisotopic (exact) mass is 346 g/mol. The van der Waals surface area contributed by atoms with Crippen molar-refractivity contribution in [2.75, 3.05) is 36.0 Å². The molecule has 9 heteroatoms. The first kappa shape index (κ1) is 17.4. The number of anilines is 2. The normalized spacial score (nSPS) is 13.8. The molecule has 0 bridgehead atoms. The molecule has 0 amide bonds. The van der Waals surface area contributed by atoms with Crippen molar-refractivity contribution in [1.82, 2.24) is 19.9 Å². The molecule has 0 spiro atoms. The Morgan fingerprint density at radius 1 is 0.958 bits per heavy atom. The standard InChI is InChI=1S/C15H14N6O2.ClH/c1-2-11-7-16-14(17-8-11)20-3-5-21(6-4-20)15-18-9-12(10-19-15)13(22)23;/h1,7-10H,3-6H2,(H,22,23);1H. The van der Waals surface area contributed by atoms with E-state index in [4.69, 9.17) is 11.5 Å². The van der Waals surface area contributed by atoms with Crippen LogP contribution in [0.2, 0.25) is 0 Å². The third kappa shape index (κ3) is 3.70. The minimum absolute atomic E-state index is 0.